The number of fused-ring (bicyclic) bond motifs is 19. The van der Waals surface area contributed by atoms with Crippen LogP contribution in [0.2, 0.25) is 0 Å². The lowest BCUT2D eigenvalue weighted by atomic mass is 9.70. The minimum Gasteiger partial charge on any atom is -0.456 e. The van der Waals surface area contributed by atoms with E-state index >= 15 is 0 Å². The van der Waals surface area contributed by atoms with E-state index in [0.717, 1.165) is 50.1 Å². The molecule has 0 atom stereocenters. The first-order valence-electron chi connectivity index (χ1n) is 21.8. The van der Waals surface area contributed by atoms with Crippen LogP contribution in [0.15, 0.2) is 229 Å². The van der Waals surface area contributed by atoms with Gasteiger partial charge in [0.1, 0.15) is 11.2 Å². The van der Waals surface area contributed by atoms with E-state index in [1.54, 1.807) is 0 Å². The van der Waals surface area contributed by atoms with Crippen molar-refractivity contribution in [3.8, 4) is 33.4 Å². The van der Waals surface area contributed by atoms with Gasteiger partial charge in [0.05, 0.1) is 5.41 Å². The van der Waals surface area contributed by atoms with Gasteiger partial charge >= 0.3 is 0 Å². The van der Waals surface area contributed by atoms with E-state index < -0.39 is 5.41 Å². The molecule has 2 heteroatoms. The van der Waals surface area contributed by atoms with Crippen molar-refractivity contribution in [2.24, 2.45) is 0 Å². The van der Waals surface area contributed by atoms with Crippen LogP contribution in [0, 0.1) is 0 Å². The Morgan fingerprint density at radius 1 is 0.270 bits per heavy atom. The van der Waals surface area contributed by atoms with E-state index in [1.165, 1.54) is 76.8 Å². The molecule has 2 aliphatic carbocycles. The smallest absolute Gasteiger partial charge is 0.135 e. The zero-order chi connectivity index (χ0) is 41.2. The van der Waals surface area contributed by atoms with Crippen LogP contribution in [0.5, 0.6) is 0 Å². The minimum absolute atomic E-state index is 0.394. The molecule has 292 valence electrons. The predicted octanol–water partition coefficient (Wildman–Crippen LogP) is 16.5. The summed E-state index contributed by atoms with van der Waals surface area (Å²) in [4.78, 5) is 2.45. The van der Waals surface area contributed by atoms with E-state index in [1.807, 2.05) is 12.1 Å². The van der Waals surface area contributed by atoms with Crippen molar-refractivity contribution in [1.82, 2.24) is 0 Å². The van der Waals surface area contributed by atoms with Gasteiger partial charge in [0.2, 0.25) is 0 Å². The fourth-order valence-electron chi connectivity index (χ4n) is 11.4. The van der Waals surface area contributed by atoms with Gasteiger partial charge in [-0.25, -0.2) is 0 Å². The normalized spacial score (nSPS) is 13.2. The maximum Gasteiger partial charge on any atom is 0.135 e. The van der Waals surface area contributed by atoms with Gasteiger partial charge in [-0.05, 0) is 143 Å². The van der Waals surface area contributed by atoms with E-state index in [4.69, 9.17) is 4.42 Å². The fraction of sp³-hybridized carbons (Fsp3) is 0.0164. The Morgan fingerprint density at radius 2 is 0.714 bits per heavy atom. The molecule has 2 aliphatic rings. The van der Waals surface area contributed by atoms with Gasteiger partial charge in [-0.1, -0.05) is 170 Å². The largest absolute Gasteiger partial charge is 0.456 e. The van der Waals surface area contributed by atoms with Crippen molar-refractivity contribution in [2.75, 3.05) is 4.90 Å². The van der Waals surface area contributed by atoms with Crippen molar-refractivity contribution in [1.29, 1.82) is 0 Å². The average Bonchev–Trinajstić information content (AvgIpc) is 3.98. The Labute approximate surface area is 364 Å². The number of hydrogen-bond acceptors (Lipinski definition) is 2. The molecule has 11 aromatic carbocycles. The first-order valence-corrected chi connectivity index (χ1v) is 21.8. The van der Waals surface area contributed by atoms with E-state index in [-0.39, 0.29) is 0 Å². The SMILES string of the molecule is c1ccc2c(c1)-c1ccccc1C21c2ccccc2-c2cc(N(c3ccc(-c4ccc5oc6ccccc6c5c4)cc3)c3ccc4c5ccccc5c5ccccc5c4c3)ccc21. The first kappa shape index (κ1) is 34.5. The zero-order valence-corrected chi connectivity index (χ0v) is 34.2. The Morgan fingerprint density at radius 3 is 1.37 bits per heavy atom. The molecule has 2 nitrogen and oxygen atoms in total. The molecule has 14 rings (SSSR count). The molecule has 63 heavy (non-hydrogen) atoms. The molecule has 0 N–H and O–H groups in total. The molecule has 0 bridgehead atoms. The van der Waals surface area contributed by atoms with E-state index in [9.17, 15) is 0 Å². The maximum atomic E-state index is 6.19. The van der Waals surface area contributed by atoms with Crippen LogP contribution in [0.3, 0.4) is 0 Å². The topological polar surface area (TPSA) is 16.4 Å². The Balaban J connectivity index is 0.985. The minimum atomic E-state index is -0.394. The van der Waals surface area contributed by atoms with Gasteiger partial charge in [-0.3, -0.25) is 0 Å². The van der Waals surface area contributed by atoms with Gasteiger partial charge < -0.3 is 9.32 Å². The highest BCUT2D eigenvalue weighted by molar-refractivity contribution is 6.26. The maximum absolute atomic E-state index is 6.19. The third-order valence-corrected chi connectivity index (χ3v) is 14.1. The zero-order valence-electron chi connectivity index (χ0n) is 34.2. The summed E-state index contributed by atoms with van der Waals surface area (Å²) < 4.78 is 6.19. The lowest BCUT2D eigenvalue weighted by Gasteiger charge is -2.31. The fourth-order valence-corrected chi connectivity index (χ4v) is 11.4. The van der Waals surface area contributed by atoms with Crippen molar-refractivity contribution in [2.45, 2.75) is 5.41 Å². The molecule has 0 fully saturated rings. The molecule has 0 unspecified atom stereocenters. The second-order valence-corrected chi connectivity index (χ2v) is 17.1. The summed E-state index contributed by atoms with van der Waals surface area (Å²) in [6, 6.07) is 83.0. The summed E-state index contributed by atoms with van der Waals surface area (Å²) in [5.74, 6) is 0. The number of hydrogen-bond donors (Lipinski definition) is 0. The van der Waals surface area contributed by atoms with Crippen LogP contribution in [-0.2, 0) is 5.41 Å². The van der Waals surface area contributed by atoms with Crippen LogP contribution in [0.25, 0.3) is 87.6 Å². The average molecular weight is 800 g/mol. The van der Waals surface area contributed by atoms with Gasteiger partial charge in [0, 0.05) is 27.8 Å². The first-order chi connectivity index (χ1) is 31.2. The van der Waals surface area contributed by atoms with Crippen molar-refractivity contribution < 1.29 is 4.42 Å². The molecule has 0 saturated heterocycles. The summed E-state index contributed by atoms with van der Waals surface area (Å²) in [6.45, 7) is 0. The van der Waals surface area contributed by atoms with Gasteiger partial charge in [-0.15, -0.1) is 0 Å². The van der Waals surface area contributed by atoms with Crippen LogP contribution in [-0.4, -0.2) is 0 Å². The second kappa shape index (κ2) is 12.9. The standard InChI is InChI=1S/C61H37NO/c1-2-15-45-43(13-1)44-14-3-4-16-46(44)52-36-41(30-32-47(45)52)62(40-28-25-38(26-29-40)39-27-34-60-54(35-39)51-20-8-12-24-59(51)63-60)42-31-33-58-53(37-42)50-19-7-11-23-57(50)61(58)55-21-9-5-17-48(55)49-18-6-10-22-56(49)61/h1-37H. The molecule has 0 radical (unpaired) electrons. The molecular weight excluding hydrogens is 763 g/mol. The number of para-hydroxylation sites is 1. The summed E-state index contributed by atoms with van der Waals surface area (Å²) in [7, 11) is 0. The molecule has 12 aromatic rings. The molecule has 1 aromatic heterocycles. The number of anilines is 3. The van der Waals surface area contributed by atoms with Crippen molar-refractivity contribution in [3.63, 3.8) is 0 Å². The van der Waals surface area contributed by atoms with Gasteiger partial charge in [-0.2, -0.15) is 0 Å². The molecule has 1 spiro atoms. The quantitative estimate of drug-likeness (QED) is 0.165. The van der Waals surface area contributed by atoms with Crippen LogP contribution < -0.4 is 4.90 Å². The summed E-state index contributed by atoms with van der Waals surface area (Å²) >= 11 is 0. The number of benzene rings is 11. The van der Waals surface area contributed by atoms with Crippen molar-refractivity contribution in [3.05, 3.63) is 247 Å². The summed E-state index contributed by atoms with van der Waals surface area (Å²) in [5.41, 5.74) is 17.6. The summed E-state index contributed by atoms with van der Waals surface area (Å²) in [5, 5.41) is 9.85. The third kappa shape index (κ3) is 4.72. The number of nitrogens with zero attached hydrogens (tertiary/aromatic N) is 1. The third-order valence-electron chi connectivity index (χ3n) is 14.1. The van der Waals surface area contributed by atoms with E-state index in [2.05, 4.69) is 217 Å². The highest BCUT2D eigenvalue weighted by Crippen LogP contribution is 2.63. The monoisotopic (exact) mass is 799 g/mol. The van der Waals surface area contributed by atoms with Crippen LogP contribution >= 0.6 is 0 Å². The molecule has 0 amide bonds. The van der Waals surface area contributed by atoms with Crippen LogP contribution in [0.1, 0.15) is 22.3 Å². The summed E-state index contributed by atoms with van der Waals surface area (Å²) in [6.07, 6.45) is 0. The highest BCUT2D eigenvalue weighted by atomic mass is 16.3. The Bertz CT molecular complexity index is 3790. The van der Waals surface area contributed by atoms with Gasteiger partial charge in [0.25, 0.3) is 0 Å². The lowest BCUT2D eigenvalue weighted by molar-refractivity contribution is 0.669. The second-order valence-electron chi connectivity index (χ2n) is 17.1. The predicted molar refractivity (Wildman–Crippen MR) is 263 cm³/mol. The molecule has 0 saturated carbocycles. The van der Waals surface area contributed by atoms with Crippen molar-refractivity contribution >= 4 is 71.3 Å². The molecule has 1 heterocycles. The highest BCUT2D eigenvalue weighted by Gasteiger charge is 2.51. The Kier molecular flexibility index (Phi) is 7.07. The number of furan rings is 1. The van der Waals surface area contributed by atoms with E-state index in [0.29, 0.717) is 0 Å². The van der Waals surface area contributed by atoms with Gasteiger partial charge in [0.15, 0.2) is 0 Å². The Hall–Kier alpha value is -8.20. The lowest BCUT2D eigenvalue weighted by Crippen LogP contribution is -2.25. The van der Waals surface area contributed by atoms with Crippen LogP contribution in [0.4, 0.5) is 17.1 Å². The number of rotatable bonds is 4. The molecule has 0 aliphatic heterocycles. The molecular formula is C61H37NO.